The number of aryl methyl sites for hydroxylation is 1. The number of ketones is 1. The zero-order valence-corrected chi connectivity index (χ0v) is 17.3. The van der Waals surface area contributed by atoms with Crippen LogP contribution in [0.5, 0.6) is 0 Å². The van der Waals surface area contributed by atoms with Crippen LogP contribution in [0, 0.1) is 12.7 Å². The van der Waals surface area contributed by atoms with Gasteiger partial charge in [0.2, 0.25) is 0 Å². The molecule has 142 valence electrons. The number of pyridine rings is 1. The van der Waals surface area contributed by atoms with E-state index in [2.05, 4.69) is 20.9 Å². The third kappa shape index (κ3) is 4.03. The molecule has 0 N–H and O–H groups in total. The molecule has 0 fully saturated rings. The highest BCUT2D eigenvalue weighted by atomic mass is 79.9. The van der Waals surface area contributed by atoms with Crippen molar-refractivity contribution in [2.24, 2.45) is 0 Å². The summed E-state index contributed by atoms with van der Waals surface area (Å²) in [6, 6.07) is 21.8. The van der Waals surface area contributed by atoms with Crippen molar-refractivity contribution in [1.82, 2.24) is 4.98 Å². The minimum Gasteiger partial charge on any atom is -0.289 e. The van der Waals surface area contributed by atoms with Crippen LogP contribution < -0.4 is 0 Å². The lowest BCUT2D eigenvalue weighted by atomic mass is 9.92. The fourth-order valence-corrected chi connectivity index (χ4v) is 3.75. The molecular formula is C25H17BrFNO. The summed E-state index contributed by atoms with van der Waals surface area (Å²) in [5.41, 5.74) is 4.66. The Morgan fingerprint density at radius 2 is 1.72 bits per heavy atom. The Morgan fingerprint density at radius 1 is 1.00 bits per heavy atom. The van der Waals surface area contributed by atoms with Gasteiger partial charge in [0.25, 0.3) is 0 Å². The van der Waals surface area contributed by atoms with Crippen molar-refractivity contribution in [2.75, 3.05) is 0 Å². The van der Waals surface area contributed by atoms with E-state index in [9.17, 15) is 9.18 Å². The van der Waals surface area contributed by atoms with E-state index in [0.717, 1.165) is 32.1 Å². The predicted molar refractivity (Wildman–Crippen MR) is 119 cm³/mol. The zero-order valence-electron chi connectivity index (χ0n) is 15.7. The average Bonchev–Trinajstić information content (AvgIpc) is 2.73. The van der Waals surface area contributed by atoms with Crippen molar-refractivity contribution in [2.45, 2.75) is 6.92 Å². The number of benzene rings is 3. The number of hydrogen-bond acceptors (Lipinski definition) is 2. The molecule has 0 radical (unpaired) electrons. The monoisotopic (exact) mass is 445 g/mol. The third-order valence-corrected chi connectivity index (χ3v) is 5.23. The van der Waals surface area contributed by atoms with Gasteiger partial charge >= 0.3 is 0 Å². The van der Waals surface area contributed by atoms with Gasteiger partial charge in [0.05, 0.1) is 11.1 Å². The van der Waals surface area contributed by atoms with E-state index in [-0.39, 0.29) is 11.6 Å². The van der Waals surface area contributed by atoms with Crippen LogP contribution in [-0.4, -0.2) is 10.8 Å². The molecule has 0 spiro atoms. The van der Waals surface area contributed by atoms with E-state index in [1.165, 1.54) is 18.2 Å². The van der Waals surface area contributed by atoms with Gasteiger partial charge in [-0.15, -0.1) is 0 Å². The number of rotatable bonds is 4. The molecule has 0 bridgehead atoms. The molecule has 4 heteroatoms. The summed E-state index contributed by atoms with van der Waals surface area (Å²) in [6.07, 6.45) is 3.22. The molecule has 0 aliphatic rings. The Bertz CT molecular complexity index is 1230. The minimum atomic E-state index is -0.306. The molecular weight excluding hydrogens is 429 g/mol. The number of carbonyl (C=O) groups excluding carboxylic acids is 1. The summed E-state index contributed by atoms with van der Waals surface area (Å²) in [5.74, 6) is -0.444. The van der Waals surface area contributed by atoms with Crippen LogP contribution in [0.3, 0.4) is 0 Å². The molecule has 0 unspecified atom stereocenters. The van der Waals surface area contributed by atoms with Crippen molar-refractivity contribution in [1.29, 1.82) is 0 Å². The van der Waals surface area contributed by atoms with E-state index in [0.29, 0.717) is 11.3 Å². The smallest absolute Gasteiger partial charge is 0.188 e. The first-order valence-corrected chi connectivity index (χ1v) is 9.95. The van der Waals surface area contributed by atoms with Crippen molar-refractivity contribution in [3.05, 3.63) is 106 Å². The van der Waals surface area contributed by atoms with Crippen molar-refractivity contribution in [3.8, 4) is 11.1 Å². The van der Waals surface area contributed by atoms with Gasteiger partial charge in [-0.1, -0.05) is 64.5 Å². The predicted octanol–water partition coefficient (Wildman–Crippen LogP) is 7.01. The number of carbonyl (C=O) groups is 1. The highest BCUT2D eigenvalue weighted by Crippen LogP contribution is 2.35. The van der Waals surface area contributed by atoms with Gasteiger partial charge in [-0.05, 0) is 54.5 Å². The fraction of sp³-hybridized carbons (Fsp3) is 0.0400. The summed E-state index contributed by atoms with van der Waals surface area (Å²) in [4.78, 5) is 17.9. The normalized spacial score (nSPS) is 11.3. The van der Waals surface area contributed by atoms with Gasteiger partial charge in [-0.2, -0.15) is 0 Å². The SMILES string of the molecule is Cc1nc2ccc(Br)cc2c(-c2ccccc2)c1C(=O)/C=C/c1ccc(F)cc1. The molecule has 0 aliphatic carbocycles. The number of nitrogens with zero attached hydrogens (tertiary/aromatic N) is 1. The first-order chi connectivity index (χ1) is 14.0. The van der Waals surface area contributed by atoms with Crippen molar-refractivity contribution < 1.29 is 9.18 Å². The molecule has 2 nitrogen and oxygen atoms in total. The summed E-state index contributed by atoms with van der Waals surface area (Å²) in [6.45, 7) is 1.85. The third-order valence-electron chi connectivity index (χ3n) is 4.73. The molecule has 1 aromatic heterocycles. The van der Waals surface area contributed by atoms with E-state index in [1.807, 2.05) is 55.5 Å². The quantitative estimate of drug-likeness (QED) is 0.249. The van der Waals surface area contributed by atoms with Crippen molar-refractivity contribution in [3.63, 3.8) is 0 Å². The van der Waals surface area contributed by atoms with Crippen LogP contribution in [0.4, 0.5) is 4.39 Å². The van der Waals surface area contributed by atoms with E-state index in [1.54, 1.807) is 18.2 Å². The average molecular weight is 446 g/mol. The van der Waals surface area contributed by atoms with Gasteiger partial charge in [0.1, 0.15) is 5.82 Å². The van der Waals surface area contributed by atoms with E-state index in [4.69, 9.17) is 0 Å². The minimum absolute atomic E-state index is 0.139. The van der Waals surface area contributed by atoms with E-state index >= 15 is 0 Å². The van der Waals surface area contributed by atoms with Crippen LogP contribution in [0.15, 0.2) is 83.3 Å². The summed E-state index contributed by atoms with van der Waals surface area (Å²) < 4.78 is 14.0. The Morgan fingerprint density at radius 3 is 2.45 bits per heavy atom. The molecule has 0 saturated heterocycles. The molecule has 0 aliphatic heterocycles. The number of halogens is 2. The lowest BCUT2D eigenvalue weighted by molar-refractivity contribution is 0.104. The largest absolute Gasteiger partial charge is 0.289 e. The molecule has 29 heavy (non-hydrogen) atoms. The van der Waals surface area contributed by atoms with Crippen LogP contribution in [-0.2, 0) is 0 Å². The maximum Gasteiger partial charge on any atom is 0.188 e. The van der Waals surface area contributed by atoms with Crippen LogP contribution >= 0.6 is 15.9 Å². The van der Waals surface area contributed by atoms with Crippen molar-refractivity contribution >= 4 is 38.7 Å². The molecule has 0 atom stereocenters. The van der Waals surface area contributed by atoms with Gasteiger partial charge < -0.3 is 0 Å². The molecule has 1 heterocycles. The second kappa shape index (κ2) is 8.10. The first-order valence-electron chi connectivity index (χ1n) is 9.16. The molecule has 4 aromatic rings. The number of hydrogen-bond donors (Lipinski definition) is 0. The topological polar surface area (TPSA) is 30.0 Å². The summed E-state index contributed by atoms with van der Waals surface area (Å²) >= 11 is 3.53. The van der Waals surface area contributed by atoms with Crippen LogP contribution in [0.25, 0.3) is 28.1 Å². The first kappa shape index (κ1) is 19.2. The Balaban J connectivity index is 1.90. The maximum absolute atomic E-state index is 13.2. The van der Waals surface area contributed by atoms with Gasteiger partial charge in [0, 0.05) is 21.1 Å². The van der Waals surface area contributed by atoms with Gasteiger partial charge in [-0.3, -0.25) is 9.78 Å². The lowest BCUT2D eigenvalue weighted by Crippen LogP contribution is -2.05. The van der Waals surface area contributed by atoms with Gasteiger partial charge in [-0.25, -0.2) is 4.39 Å². The summed E-state index contributed by atoms with van der Waals surface area (Å²) in [7, 11) is 0. The number of allylic oxidation sites excluding steroid dienone is 1. The van der Waals surface area contributed by atoms with Gasteiger partial charge in [0.15, 0.2) is 5.78 Å². The molecule has 4 rings (SSSR count). The standard InChI is InChI=1S/C25H17BrFNO/c1-16-24(23(29)14-9-17-7-11-20(27)12-8-17)25(18-5-3-2-4-6-18)21-15-19(26)10-13-22(21)28-16/h2-15H,1H3/b14-9+. The van der Waals surface area contributed by atoms with Crippen LogP contribution in [0.2, 0.25) is 0 Å². The number of fused-ring (bicyclic) bond motifs is 1. The van der Waals surface area contributed by atoms with E-state index < -0.39 is 0 Å². The Labute approximate surface area is 176 Å². The second-order valence-electron chi connectivity index (χ2n) is 6.72. The molecule has 3 aromatic carbocycles. The number of aromatic nitrogens is 1. The molecule has 0 amide bonds. The summed E-state index contributed by atoms with van der Waals surface area (Å²) in [5, 5.41) is 0.912. The highest BCUT2D eigenvalue weighted by Gasteiger charge is 2.19. The molecule has 0 saturated carbocycles. The second-order valence-corrected chi connectivity index (χ2v) is 7.64. The fourth-order valence-electron chi connectivity index (χ4n) is 3.39. The van der Waals surface area contributed by atoms with Crippen LogP contribution in [0.1, 0.15) is 21.6 Å². The Hall–Kier alpha value is -3.11. The highest BCUT2D eigenvalue weighted by molar-refractivity contribution is 9.10. The lowest BCUT2D eigenvalue weighted by Gasteiger charge is -2.14. The maximum atomic E-state index is 13.2. The zero-order chi connectivity index (χ0) is 20.4. The Kier molecular flexibility index (Phi) is 5.36.